The van der Waals surface area contributed by atoms with Crippen LogP contribution in [0.15, 0.2) is 82.0 Å². The summed E-state index contributed by atoms with van der Waals surface area (Å²) in [5.74, 6) is -3.15. The summed E-state index contributed by atoms with van der Waals surface area (Å²) in [5.41, 5.74) is 5.51. The molecule has 0 aromatic rings. The summed E-state index contributed by atoms with van der Waals surface area (Å²) >= 11 is 0. The second-order valence-corrected chi connectivity index (χ2v) is 5.77. The third-order valence-electron chi connectivity index (χ3n) is 3.82. The maximum Gasteiger partial charge on any atom is 0.253 e. The van der Waals surface area contributed by atoms with Gasteiger partial charge in [-0.05, 0) is 18.2 Å². The minimum Gasteiger partial charge on any atom is -0.381 e. The monoisotopic (exact) mass is 375 g/mol. The molecule has 3 aliphatic rings. The molecule has 0 radical (unpaired) electrons. The van der Waals surface area contributed by atoms with Crippen LogP contribution in [0, 0.1) is 0 Å². The number of carbonyl (C=O) groups excluding carboxylic acids is 1. The van der Waals surface area contributed by atoms with Gasteiger partial charge in [-0.3, -0.25) is 14.7 Å². The molecule has 0 saturated heterocycles. The largest absolute Gasteiger partial charge is 0.381 e. The topological polar surface area (TPSA) is 74.3 Å². The number of carbonyl (C=O) groups is 1. The Morgan fingerprint density at radius 2 is 1.93 bits per heavy atom. The summed E-state index contributed by atoms with van der Waals surface area (Å²) in [7, 11) is 0. The summed E-state index contributed by atoms with van der Waals surface area (Å²) in [6, 6.07) is 0. The fraction of sp³-hybridized carbons (Fsp3) is 0.167. The molecule has 9 heteroatoms. The van der Waals surface area contributed by atoms with E-state index < -0.39 is 23.4 Å². The van der Waals surface area contributed by atoms with E-state index in [0.717, 1.165) is 11.1 Å². The molecule has 0 aromatic heterocycles. The number of amidine groups is 2. The van der Waals surface area contributed by atoms with E-state index in [9.17, 15) is 18.0 Å². The zero-order valence-electron chi connectivity index (χ0n) is 14.1. The lowest BCUT2D eigenvalue weighted by Crippen LogP contribution is -2.50. The fourth-order valence-corrected chi connectivity index (χ4v) is 2.52. The van der Waals surface area contributed by atoms with Gasteiger partial charge in [-0.15, -0.1) is 0 Å². The smallest absolute Gasteiger partial charge is 0.253 e. The molecule has 0 atom stereocenters. The van der Waals surface area contributed by atoms with Gasteiger partial charge in [0.15, 0.2) is 5.84 Å². The first kappa shape index (κ1) is 18.4. The fourth-order valence-electron chi connectivity index (χ4n) is 2.52. The van der Waals surface area contributed by atoms with Gasteiger partial charge in [0.1, 0.15) is 24.0 Å². The molecule has 0 unspecified atom stereocenters. The molecule has 140 valence electrons. The van der Waals surface area contributed by atoms with E-state index in [0.29, 0.717) is 6.08 Å². The van der Waals surface area contributed by atoms with Crippen molar-refractivity contribution in [3.05, 3.63) is 71.9 Å². The molecule has 0 aromatic carbocycles. The molecule has 0 saturated carbocycles. The van der Waals surface area contributed by atoms with Gasteiger partial charge in [-0.2, -0.15) is 5.10 Å². The summed E-state index contributed by atoms with van der Waals surface area (Å²) in [6.07, 6.45) is 10.8. The van der Waals surface area contributed by atoms with Gasteiger partial charge in [-0.25, -0.2) is 18.2 Å². The Balaban J connectivity index is 1.95. The lowest BCUT2D eigenvalue weighted by Gasteiger charge is -2.31. The Bertz CT molecular complexity index is 893. The molecular weight excluding hydrogens is 359 g/mol. The summed E-state index contributed by atoms with van der Waals surface area (Å²) in [5, 5.41) is 5.36. The zero-order chi connectivity index (χ0) is 19.4. The molecule has 2 aliphatic heterocycles. The molecule has 27 heavy (non-hydrogen) atoms. The normalized spacial score (nSPS) is 24.2. The van der Waals surface area contributed by atoms with Crippen molar-refractivity contribution < 1.29 is 18.0 Å². The van der Waals surface area contributed by atoms with Crippen molar-refractivity contribution >= 4 is 17.6 Å². The van der Waals surface area contributed by atoms with Crippen LogP contribution < -0.4 is 5.73 Å². The molecule has 0 bridgehead atoms. The highest BCUT2D eigenvalue weighted by Crippen LogP contribution is 2.27. The van der Waals surface area contributed by atoms with Crippen molar-refractivity contribution in [2.45, 2.75) is 6.42 Å². The Morgan fingerprint density at radius 3 is 2.74 bits per heavy atom. The standard InChI is InChI=1S/C18H16F3N5O/c19-12-5-6-14(20)13(15(21)9-12)10-25-11-16(27)26-8-4-2-1-3-7-23-17(22)18(26)24-25/h1-4,6-9H,5,10-11H2,(H2,22,23)/b2-1-,7-3+,8-4+. The Hall–Kier alpha value is -3.36. The number of nitrogens with two attached hydrogens (primary N) is 1. The first-order valence-electron chi connectivity index (χ1n) is 8.05. The van der Waals surface area contributed by atoms with Crippen molar-refractivity contribution in [3.63, 3.8) is 0 Å². The van der Waals surface area contributed by atoms with Crippen molar-refractivity contribution in [2.75, 3.05) is 13.1 Å². The van der Waals surface area contributed by atoms with Crippen LogP contribution in [0.4, 0.5) is 13.2 Å². The maximum atomic E-state index is 14.1. The molecule has 0 fully saturated rings. The van der Waals surface area contributed by atoms with Gasteiger partial charge in [0, 0.05) is 30.5 Å². The number of rotatable bonds is 2. The second kappa shape index (κ2) is 7.90. The van der Waals surface area contributed by atoms with E-state index in [1.807, 2.05) is 0 Å². The Morgan fingerprint density at radius 1 is 1.15 bits per heavy atom. The SMILES string of the molecule is NC1=N/C=C/C=C\C=C\N2C(=O)CN(CC3=C(F)C=C(F)CC=C3F)N=C12. The van der Waals surface area contributed by atoms with Crippen molar-refractivity contribution in [3.8, 4) is 0 Å². The molecule has 6 nitrogen and oxygen atoms in total. The first-order chi connectivity index (χ1) is 13.0. The van der Waals surface area contributed by atoms with E-state index in [4.69, 9.17) is 5.73 Å². The molecule has 1 amide bonds. The summed E-state index contributed by atoms with van der Waals surface area (Å²) in [4.78, 5) is 17.7. The summed E-state index contributed by atoms with van der Waals surface area (Å²) < 4.78 is 41.6. The lowest BCUT2D eigenvalue weighted by molar-refractivity contribution is -0.127. The van der Waals surface area contributed by atoms with Gasteiger partial charge < -0.3 is 5.73 Å². The quantitative estimate of drug-likeness (QED) is 0.807. The average molecular weight is 375 g/mol. The number of hydrogen-bond acceptors (Lipinski definition) is 5. The highest BCUT2D eigenvalue weighted by molar-refractivity contribution is 6.42. The number of aliphatic imine (C=N–C) groups is 1. The third kappa shape index (κ3) is 4.25. The van der Waals surface area contributed by atoms with Gasteiger partial charge in [0.2, 0.25) is 5.84 Å². The second-order valence-electron chi connectivity index (χ2n) is 5.77. The van der Waals surface area contributed by atoms with Crippen LogP contribution in [0.5, 0.6) is 0 Å². The van der Waals surface area contributed by atoms with E-state index in [1.54, 1.807) is 24.3 Å². The number of fused-ring (bicyclic) bond motifs is 1. The maximum absolute atomic E-state index is 14.1. The van der Waals surface area contributed by atoms with Crippen LogP contribution in [0.3, 0.4) is 0 Å². The number of nitrogens with zero attached hydrogens (tertiary/aromatic N) is 4. The number of hydrazone groups is 1. The van der Waals surface area contributed by atoms with Gasteiger partial charge in [0.25, 0.3) is 5.91 Å². The molecule has 1 aliphatic carbocycles. The average Bonchev–Trinajstić information content (AvgIpc) is 2.74. The zero-order valence-corrected chi connectivity index (χ0v) is 14.1. The number of halogens is 3. The van der Waals surface area contributed by atoms with Crippen molar-refractivity contribution in [1.82, 2.24) is 9.91 Å². The summed E-state index contributed by atoms with van der Waals surface area (Å²) in [6.45, 7) is -0.606. The van der Waals surface area contributed by atoms with Crippen LogP contribution >= 0.6 is 0 Å². The van der Waals surface area contributed by atoms with Gasteiger partial charge >= 0.3 is 0 Å². The van der Waals surface area contributed by atoms with E-state index in [-0.39, 0.29) is 36.8 Å². The van der Waals surface area contributed by atoms with Crippen molar-refractivity contribution in [1.29, 1.82) is 0 Å². The van der Waals surface area contributed by atoms with E-state index >= 15 is 0 Å². The third-order valence-corrected chi connectivity index (χ3v) is 3.82. The lowest BCUT2D eigenvalue weighted by atomic mass is 10.2. The Kier molecular flexibility index (Phi) is 5.39. The highest BCUT2D eigenvalue weighted by Gasteiger charge is 2.30. The van der Waals surface area contributed by atoms with E-state index in [2.05, 4.69) is 10.1 Å². The van der Waals surface area contributed by atoms with Crippen LogP contribution in [-0.2, 0) is 4.79 Å². The molecule has 3 rings (SSSR count). The van der Waals surface area contributed by atoms with Crippen LogP contribution in [0.25, 0.3) is 0 Å². The van der Waals surface area contributed by atoms with Crippen LogP contribution in [0.1, 0.15) is 6.42 Å². The number of hydrogen-bond donors (Lipinski definition) is 1. The molecule has 2 heterocycles. The molecule has 2 N–H and O–H groups in total. The predicted octanol–water partition coefficient (Wildman–Crippen LogP) is 2.73. The van der Waals surface area contributed by atoms with Gasteiger partial charge in [0.05, 0.1) is 6.54 Å². The first-order valence-corrected chi connectivity index (χ1v) is 8.05. The van der Waals surface area contributed by atoms with Crippen LogP contribution in [0.2, 0.25) is 0 Å². The van der Waals surface area contributed by atoms with E-state index in [1.165, 1.54) is 17.3 Å². The predicted molar refractivity (Wildman–Crippen MR) is 96.0 cm³/mol. The molecule has 0 spiro atoms. The van der Waals surface area contributed by atoms with Gasteiger partial charge in [-0.1, -0.05) is 12.2 Å². The number of allylic oxidation sites excluding steroid dienone is 8. The molecular formula is C18H16F3N5O. The minimum atomic E-state index is -1.05. The minimum absolute atomic E-state index is 0.0307. The van der Waals surface area contributed by atoms with Crippen LogP contribution in [-0.4, -0.2) is 40.6 Å². The highest BCUT2D eigenvalue weighted by atomic mass is 19.1. The Labute approximate surface area is 153 Å². The number of amides is 1. The van der Waals surface area contributed by atoms with Crippen molar-refractivity contribution in [2.24, 2.45) is 15.8 Å².